The Balaban J connectivity index is 2.21. The van der Waals surface area contributed by atoms with E-state index in [2.05, 4.69) is 15.5 Å². The van der Waals surface area contributed by atoms with Crippen LogP contribution in [0.1, 0.15) is 22.8 Å². The van der Waals surface area contributed by atoms with Gasteiger partial charge in [-0.25, -0.2) is 0 Å². The van der Waals surface area contributed by atoms with Crippen molar-refractivity contribution < 1.29 is 9.53 Å². The molecule has 6 nitrogen and oxygen atoms in total. The van der Waals surface area contributed by atoms with Gasteiger partial charge in [0, 0.05) is 17.3 Å². The van der Waals surface area contributed by atoms with Crippen molar-refractivity contribution in [3.8, 4) is 5.75 Å². The van der Waals surface area contributed by atoms with Crippen LogP contribution in [0.2, 0.25) is 0 Å². The first-order valence-corrected chi connectivity index (χ1v) is 5.92. The molecule has 0 aliphatic carbocycles. The average Bonchev–Trinajstić information content (AvgIpc) is 2.85. The quantitative estimate of drug-likeness (QED) is 0.731. The summed E-state index contributed by atoms with van der Waals surface area (Å²) in [7, 11) is 1.55. The number of aromatic amines is 1. The number of H-pyrrole nitrogens is 1. The molecule has 1 aromatic carbocycles. The lowest BCUT2D eigenvalue weighted by Gasteiger charge is -2.08. The topological polar surface area (TPSA) is 93.0 Å². The molecule has 0 spiro atoms. The number of rotatable bonds is 4. The van der Waals surface area contributed by atoms with Crippen LogP contribution in [0.25, 0.3) is 0 Å². The molecule has 0 fully saturated rings. The summed E-state index contributed by atoms with van der Waals surface area (Å²) < 4.78 is 5.04. The Bertz CT molecular complexity index is 592. The van der Waals surface area contributed by atoms with Crippen LogP contribution < -0.4 is 15.8 Å². The maximum Gasteiger partial charge on any atom is 0.258 e. The summed E-state index contributed by atoms with van der Waals surface area (Å²) in [5.74, 6) is 0.937. The molecule has 0 bridgehead atoms. The first kappa shape index (κ1) is 12.9. The predicted molar refractivity (Wildman–Crippen MR) is 73.3 cm³/mol. The van der Waals surface area contributed by atoms with Crippen LogP contribution >= 0.6 is 0 Å². The van der Waals surface area contributed by atoms with E-state index in [1.807, 2.05) is 6.92 Å². The molecule has 19 heavy (non-hydrogen) atoms. The molecule has 0 unspecified atom stereocenters. The van der Waals surface area contributed by atoms with Gasteiger partial charge in [-0.05, 0) is 18.6 Å². The van der Waals surface area contributed by atoms with Crippen LogP contribution in [0.4, 0.5) is 11.5 Å². The van der Waals surface area contributed by atoms with E-state index in [-0.39, 0.29) is 5.91 Å². The van der Waals surface area contributed by atoms with E-state index in [4.69, 9.17) is 10.5 Å². The monoisotopic (exact) mass is 260 g/mol. The molecule has 0 saturated carbocycles. The molecule has 100 valence electrons. The minimum absolute atomic E-state index is 0.279. The number of nitrogens with one attached hydrogen (secondary N) is 2. The van der Waals surface area contributed by atoms with Gasteiger partial charge in [0.05, 0.1) is 18.9 Å². The van der Waals surface area contributed by atoms with Gasteiger partial charge in [0.1, 0.15) is 11.6 Å². The molecule has 0 saturated heterocycles. The number of amides is 1. The molecule has 1 aromatic heterocycles. The molecule has 0 radical (unpaired) electrons. The fourth-order valence-corrected chi connectivity index (χ4v) is 1.74. The molecule has 0 aliphatic rings. The Labute approximate surface area is 111 Å². The number of nitrogen functional groups attached to an aromatic ring is 1. The maximum atomic E-state index is 12.1. The summed E-state index contributed by atoms with van der Waals surface area (Å²) in [5.41, 5.74) is 7.55. The number of hydrogen-bond donors (Lipinski definition) is 3. The summed E-state index contributed by atoms with van der Waals surface area (Å²) in [6.07, 6.45) is 2.47. The number of ether oxygens (including phenoxy) is 1. The van der Waals surface area contributed by atoms with Crippen molar-refractivity contribution in [3.05, 3.63) is 35.5 Å². The van der Waals surface area contributed by atoms with Crippen LogP contribution in [-0.2, 0) is 6.42 Å². The molecule has 2 rings (SSSR count). The number of nitrogens with two attached hydrogens (primary N) is 1. The van der Waals surface area contributed by atoms with Gasteiger partial charge in [0.2, 0.25) is 0 Å². The van der Waals surface area contributed by atoms with Gasteiger partial charge in [-0.1, -0.05) is 6.92 Å². The smallest absolute Gasteiger partial charge is 0.258 e. The maximum absolute atomic E-state index is 12.1. The molecule has 1 heterocycles. The zero-order chi connectivity index (χ0) is 13.8. The third-order valence-corrected chi connectivity index (χ3v) is 2.84. The van der Waals surface area contributed by atoms with Gasteiger partial charge in [-0.2, -0.15) is 5.10 Å². The number of aromatic nitrogens is 2. The van der Waals surface area contributed by atoms with Gasteiger partial charge in [-0.15, -0.1) is 0 Å². The highest BCUT2D eigenvalue weighted by atomic mass is 16.5. The molecule has 6 heteroatoms. The lowest BCUT2D eigenvalue weighted by Crippen LogP contribution is -2.15. The number of hydrogen-bond acceptors (Lipinski definition) is 4. The van der Waals surface area contributed by atoms with Crippen molar-refractivity contribution in [2.24, 2.45) is 0 Å². The number of benzene rings is 1. The minimum atomic E-state index is -0.279. The largest absolute Gasteiger partial charge is 0.497 e. The highest BCUT2D eigenvalue weighted by Crippen LogP contribution is 2.21. The van der Waals surface area contributed by atoms with E-state index in [1.54, 1.807) is 31.5 Å². The van der Waals surface area contributed by atoms with E-state index >= 15 is 0 Å². The number of aryl methyl sites for hydroxylation is 1. The van der Waals surface area contributed by atoms with Crippen LogP contribution in [0.5, 0.6) is 5.75 Å². The number of carbonyl (C=O) groups excluding carboxylic acids is 1. The molecule has 0 atom stereocenters. The van der Waals surface area contributed by atoms with E-state index in [0.29, 0.717) is 22.8 Å². The first-order valence-electron chi connectivity index (χ1n) is 5.92. The fourth-order valence-electron chi connectivity index (χ4n) is 1.74. The number of nitrogens with zero attached hydrogens (tertiary/aromatic N) is 1. The Morgan fingerprint density at radius 3 is 2.95 bits per heavy atom. The SMILES string of the molecule is CCc1cn[nH]c1NC(=O)c1ccc(OC)cc1N. The summed E-state index contributed by atoms with van der Waals surface area (Å²) in [5, 5.41) is 9.41. The average molecular weight is 260 g/mol. The lowest BCUT2D eigenvalue weighted by atomic mass is 10.1. The van der Waals surface area contributed by atoms with Crippen LogP contribution in [0, 0.1) is 0 Å². The Morgan fingerprint density at radius 2 is 2.32 bits per heavy atom. The van der Waals surface area contributed by atoms with E-state index < -0.39 is 0 Å². The van der Waals surface area contributed by atoms with E-state index in [0.717, 1.165) is 12.0 Å². The second kappa shape index (κ2) is 5.43. The van der Waals surface area contributed by atoms with Crippen molar-refractivity contribution in [1.29, 1.82) is 0 Å². The Morgan fingerprint density at radius 1 is 1.53 bits per heavy atom. The third-order valence-electron chi connectivity index (χ3n) is 2.84. The van der Waals surface area contributed by atoms with Gasteiger partial charge in [0.25, 0.3) is 5.91 Å². The van der Waals surface area contributed by atoms with Crippen molar-refractivity contribution in [1.82, 2.24) is 10.2 Å². The third kappa shape index (κ3) is 2.67. The summed E-state index contributed by atoms with van der Waals surface area (Å²) >= 11 is 0. The van der Waals surface area contributed by atoms with Crippen LogP contribution in [-0.4, -0.2) is 23.2 Å². The minimum Gasteiger partial charge on any atom is -0.497 e. The highest BCUT2D eigenvalue weighted by molar-refractivity contribution is 6.07. The van der Waals surface area contributed by atoms with Gasteiger partial charge in [-0.3, -0.25) is 9.89 Å². The summed E-state index contributed by atoms with van der Waals surface area (Å²) in [6, 6.07) is 4.94. The standard InChI is InChI=1S/C13H16N4O2/c1-3-8-7-15-17-12(8)16-13(18)10-5-4-9(19-2)6-11(10)14/h4-7H,3,14H2,1-2H3,(H2,15,16,17,18). The van der Waals surface area contributed by atoms with Gasteiger partial charge >= 0.3 is 0 Å². The zero-order valence-electron chi connectivity index (χ0n) is 10.9. The van der Waals surface area contributed by atoms with Crippen LogP contribution in [0.3, 0.4) is 0 Å². The normalized spacial score (nSPS) is 10.2. The Kier molecular flexibility index (Phi) is 3.70. The second-order valence-electron chi connectivity index (χ2n) is 4.03. The fraction of sp³-hybridized carbons (Fsp3) is 0.231. The van der Waals surface area contributed by atoms with Crippen molar-refractivity contribution >= 4 is 17.4 Å². The number of carbonyl (C=O) groups is 1. The summed E-state index contributed by atoms with van der Waals surface area (Å²) in [4.78, 5) is 12.1. The zero-order valence-corrected chi connectivity index (χ0v) is 10.9. The first-order chi connectivity index (χ1) is 9.15. The number of anilines is 2. The van der Waals surface area contributed by atoms with Crippen molar-refractivity contribution in [2.45, 2.75) is 13.3 Å². The molecular formula is C13H16N4O2. The highest BCUT2D eigenvalue weighted by Gasteiger charge is 2.13. The van der Waals surface area contributed by atoms with Crippen LogP contribution in [0.15, 0.2) is 24.4 Å². The molecule has 2 aromatic rings. The van der Waals surface area contributed by atoms with Gasteiger partial charge < -0.3 is 15.8 Å². The molecule has 0 aliphatic heterocycles. The number of methoxy groups -OCH3 is 1. The second-order valence-corrected chi connectivity index (χ2v) is 4.03. The molecule has 4 N–H and O–H groups in total. The molecular weight excluding hydrogens is 244 g/mol. The van der Waals surface area contributed by atoms with Crippen molar-refractivity contribution in [2.75, 3.05) is 18.2 Å². The predicted octanol–water partition coefficient (Wildman–Crippen LogP) is 1.82. The summed E-state index contributed by atoms with van der Waals surface area (Å²) in [6.45, 7) is 1.99. The van der Waals surface area contributed by atoms with Gasteiger partial charge in [0.15, 0.2) is 0 Å². The Hall–Kier alpha value is -2.50. The van der Waals surface area contributed by atoms with Crippen molar-refractivity contribution in [3.63, 3.8) is 0 Å². The molecule has 1 amide bonds. The van der Waals surface area contributed by atoms with E-state index in [9.17, 15) is 4.79 Å². The van der Waals surface area contributed by atoms with E-state index in [1.165, 1.54) is 0 Å². The lowest BCUT2D eigenvalue weighted by molar-refractivity contribution is 0.102.